The Morgan fingerprint density at radius 3 is 2.88 bits per heavy atom. The van der Waals surface area contributed by atoms with E-state index in [0.717, 1.165) is 37.6 Å². The van der Waals surface area contributed by atoms with Crippen molar-refractivity contribution in [2.24, 2.45) is 5.73 Å². The topological polar surface area (TPSA) is 105 Å². The second kappa shape index (κ2) is 7.48. The van der Waals surface area contributed by atoms with Gasteiger partial charge in [-0.1, -0.05) is 39.4 Å². The van der Waals surface area contributed by atoms with Crippen molar-refractivity contribution in [2.45, 2.75) is 12.5 Å². The Morgan fingerprint density at radius 1 is 1.19 bits per heavy atom. The summed E-state index contributed by atoms with van der Waals surface area (Å²) < 4.78 is 1.07. The molecule has 4 aromatic rings. The minimum atomic E-state index is -0.0102. The number of rotatable bonds is 6. The number of nitrogens with one attached hydrogen (secondary N) is 2. The van der Waals surface area contributed by atoms with E-state index in [4.69, 9.17) is 5.73 Å². The molecule has 0 saturated heterocycles. The van der Waals surface area contributed by atoms with Gasteiger partial charge in [-0.2, -0.15) is 5.10 Å². The van der Waals surface area contributed by atoms with Crippen LogP contribution in [0.15, 0.2) is 47.2 Å². The van der Waals surface area contributed by atoms with Crippen LogP contribution in [-0.4, -0.2) is 38.0 Å². The molecule has 0 bridgehead atoms. The summed E-state index contributed by atoms with van der Waals surface area (Å²) in [6.45, 7) is 0.624. The van der Waals surface area contributed by atoms with Gasteiger partial charge in [0.1, 0.15) is 5.69 Å². The molecule has 1 aromatic carbocycles. The number of pyridine rings is 1. The van der Waals surface area contributed by atoms with Crippen molar-refractivity contribution in [1.29, 1.82) is 0 Å². The molecule has 1 atom stereocenters. The molecule has 0 amide bonds. The molecule has 0 aliphatic heterocycles. The number of hydrogen-bond acceptors (Lipinski definition) is 7. The maximum atomic E-state index is 6.22. The van der Waals surface area contributed by atoms with Gasteiger partial charge >= 0.3 is 0 Å². The van der Waals surface area contributed by atoms with Crippen molar-refractivity contribution < 1.29 is 0 Å². The molecular formula is C17H16BrN7S. The van der Waals surface area contributed by atoms with Gasteiger partial charge in [-0.3, -0.25) is 10.1 Å². The van der Waals surface area contributed by atoms with Crippen molar-refractivity contribution in [1.82, 2.24) is 25.4 Å². The highest BCUT2D eigenvalue weighted by atomic mass is 79.9. The number of H-pyrrole nitrogens is 1. The van der Waals surface area contributed by atoms with Gasteiger partial charge in [-0.05, 0) is 30.2 Å². The van der Waals surface area contributed by atoms with Gasteiger partial charge in [0.15, 0.2) is 5.01 Å². The molecule has 3 aromatic heterocycles. The van der Waals surface area contributed by atoms with Crippen LogP contribution in [0.1, 0.15) is 5.56 Å². The summed E-state index contributed by atoms with van der Waals surface area (Å²) in [7, 11) is 0. The summed E-state index contributed by atoms with van der Waals surface area (Å²) in [5.74, 6) is 0. The number of aromatic nitrogens is 5. The van der Waals surface area contributed by atoms with E-state index in [1.54, 1.807) is 12.4 Å². The van der Waals surface area contributed by atoms with E-state index in [2.05, 4.69) is 58.8 Å². The van der Waals surface area contributed by atoms with Crippen LogP contribution in [0.5, 0.6) is 0 Å². The quantitative estimate of drug-likeness (QED) is 0.434. The van der Waals surface area contributed by atoms with Crippen molar-refractivity contribution in [3.05, 3.63) is 52.8 Å². The molecule has 3 heterocycles. The fourth-order valence-electron chi connectivity index (χ4n) is 2.57. The van der Waals surface area contributed by atoms with Crippen LogP contribution < -0.4 is 11.1 Å². The van der Waals surface area contributed by atoms with Crippen LogP contribution in [0.2, 0.25) is 0 Å². The van der Waals surface area contributed by atoms with E-state index >= 15 is 0 Å². The predicted octanol–water partition coefficient (Wildman–Crippen LogP) is 3.22. The lowest BCUT2D eigenvalue weighted by Crippen LogP contribution is -2.31. The Labute approximate surface area is 162 Å². The number of hydrogen-bond donors (Lipinski definition) is 3. The summed E-state index contributed by atoms with van der Waals surface area (Å²) >= 11 is 4.90. The number of fused-ring (bicyclic) bond motifs is 1. The predicted molar refractivity (Wildman–Crippen MR) is 107 cm³/mol. The number of nitrogens with zero attached hydrogens (tertiary/aromatic N) is 4. The average Bonchev–Trinajstić information content (AvgIpc) is 3.30. The maximum absolute atomic E-state index is 6.22. The molecule has 0 spiro atoms. The highest BCUT2D eigenvalue weighted by Gasteiger charge is 2.11. The molecule has 9 heteroatoms. The molecule has 26 heavy (non-hydrogen) atoms. The zero-order chi connectivity index (χ0) is 17.9. The van der Waals surface area contributed by atoms with Crippen LogP contribution in [0.25, 0.3) is 21.6 Å². The smallest absolute Gasteiger partial charge is 0.206 e. The van der Waals surface area contributed by atoms with Gasteiger partial charge in [-0.15, -0.1) is 10.2 Å². The summed E-state index contributed by atoms with van der Waals surface area (Å²) in [6, 6.07) is 10.1. The third-order valence-corrected chi connectivity index (χ3v) is 5.33. The molecule has 0 unspecified atom stereocenters. The molecule has 0 radical (unpaired) electrons. The molecule has 4 N–H and O–H groups in total. The molecule has 132 valence electrons. The molecule has 0 saturated carbocycles. The second-order valence-electron chi connectivity index (χ2n) is 5.91. The normalized spacial score (nSPS) is 12.4. The highest BCUT2D eigenvalue weighted by Crippen LogP contribution is 2.26. The lowest BCUT2D eigenvalue weighted by atomic mass is 10.1. The second-order valence-corrected chi connectivity index (χ2v) is 7.80. The first-order valence-electron chi connectivity index (χ1n) is 8.04. The van der Waals surface area contributed by atoms with Crippen LogP contribution in [0.3, 0.4) is 0 Å². The number of aromatic amines is 1. The van der Waals surface area contributed by atoms with E-state index in [1.807, 2.05) is 18.2 Å². The van der Waals surface area contributed by atoms with E-state index in [1.165, 1.54) is 16.9 Å². The van der Waals surface area contributed by atoms with Crippen LogP contribution >= 0.6 is 27.3 Å². The van der Waals surface area contributed by atoms with Gasteiger partial charge in [0, 0.05) is 22.4 Å². The van der Waals surface area contributed by atoms with Crippen molar-refractivity contribution in [3.8, 4) is 10.7 Å². The van der Waals surface area contributed by atoms with Gasteiger partial charge in [0.05, 0.1) is 17.9 Å². The van der Waals surface area contributed by atoms with E-state index in [0.29, 0.717) is 6.54 Å². The summed E-state index contributed by atoms with van der Waals surface area (Å²) in [6.07, 6.45) is 4.31. The molecule has 0 aliphatic rings. The first-order valence-corrected chi connectivity index (χ1v) is 9.65. The zero-order valence-electron chi connectivity index (χ0n) is 13.7. The molecular weight excluding hydrogens is 414 g/mol. The standard InChI is InChI=1S/C17H16BrN7S/c18-12-3-1-10(2-4-12)5-13(19)8-21-17-25-24-16(26-17)14-6-11-7-22-23-15(11)9-20-14/h1-4,6-7,9,13H,5,8,19H2,(H,21,25)(H,22,23)/t13-/m0/s1. The largest absolute Gasteiger partial charge is 0.359 e. The average molecular weight is 430 g/mol. The third-order valence-electron chi connectivity index (χ3n) is 3.90. The zero-order valence-corrected chi connectivity index (χ0v) is 16.1. The van der Waals surface area contributed by atoms with Crippen LogP contribution in [0, 0.1) is 0 Å². The Morgan fingerprint density at radius 2 is 2.04 bits per heavy atom. The molecule has 0 fully saturated rings. The van der Waals surface area contributed by atoms with E-state index in [9.17, 15) is 0 Å². The van der Waals surface area contributed by atoms with Crippen molar-refractivity contribution in [3.63, 3.8) is 0 Å². The van der Waals surface area contributed by atoms with Gasteiger partial charge in [-0.25, -0.2) is 0 Å². The fraction of sp³-hybridized carbons (Fsp3) is 0.176. The lowest BCUT2D eigenvalue weighted by molar-refractivity contribution is 0.698. The SMILES string of the molecule is N[C@H](CNc1nnc(-c2cc3cn[nH]c3cn2)s1)Cc1ccc(Br)cc1. The van der Waals surface area contributed by atoms with Crippen LogP contribution in [-0.2, 0) is 6.42 Å². The highest BCUT2D eigenvalue weighted by molar-refractivity contribution is 9.10. The van der Waals surface area contributed by atoms with E-state index in [-0.39, 0.29) is 6.04 Å². The number of halogens is 1. The molecule has 7 nitrogen and oxygen atoms in total. The lowest BCUT2D eigenvalue weighted by Gasteiger charge is -2.12. The third kappa shape index (κ3) is 3.90. The Balaban J connectivity index is 1.37. The minimum absolute atomic E-state index is 0.0102. The number of anilines is 1. The molecule has 4 rings (SSSR count). The van der Waals surface area contributed by atoms with Crippen molar-refractivity contribution in [2.75, 3.05) is 11.9 Å². The van der Waals surface area contributed by atoms with Crippen LogP contribution in [0.4, 0.5) is 5.13 Å². The summed E-state index contributed by atoms with van der Waals surface area (Å²) in [5.41, 5.74) is 9.11. The monoisotopic (exact) mass is 429 g/mol. The Bertz CT molecular complexity index is 1010. The van der Waals surface area contributed by atoms with Gasteiger partial charge < -0.3 is 11.1 Å². The van der Waals surface area contributed by atoms with Crippen molar-refractivity contribution >= 4 is 43.3 Å². The summed E-state index contributed by atoms with van der Waals surface area (Å²) in [4.78, 5) is 4.40. The first-order chi connectivity index (χ1) is 12.7. The van der Waals surface area contributed by atoms with Gasteiger partial charge in [0.2, 0.25) is 5.13 Å². The van der Waals surface area contributed by atoms with Gasteiger partial charge in [0.25, 0.3) is 0 Å². The fourth-order valence-corrected chi connectivity index (χ4v) is 3.55. The number of nitrogens with two attached hydrogens (primary N) is 1. The maximum Gasteiger partial charge on any atom is 0.206 e. The first kappa shape index (κ1) is 17.1. The number of benzene rings is 1. The Kier molecular flexibility index (Phi) is 4.91. The summed E-state index contributed by atoms with van der Waals surface area (Å²) in [5, 5.41) is 21.0. The van der Waals surface area contributed by atoms with E-state index < -0.39 is 0 Å². The minimum Gasteiger partial charge on any atom is -0.359 e. The molecule has 0 aliphatic carbocycles. The Hall–Kier alpha value is -2.36.